The maximum absolute atomic E-state index is 13.9. The monoisotopic (exact) mass is 788 g/mol. The van der Waals surface area contributed by atoms with Crippen molar-refractivity contribution >= 4 is 23.9 Å². The average Bonchev–Trinajstić information content (AvgIpc) is 3.21. The van der Waals surface area contributed by atoms with Crippen molar-refractivity contribution < 1.29 is 38.1 Å². The van der Waals surface area contributed by atoms with Gasteiger partial charge >= 0.3 is 23.9 Å². The van der Waals surface area contributed by atoms with Crippen LogP contribution < -0.4 is 0 Å². The van der Waals surface area contributed by atoms with E-state index < -0.39 is 34.7 Å². The summed E-state index contributed by atoms with van der Waals surface area (Å²) in [6.45, 7) is 7.66. The lowest BCUT2D eigenvalue weighted by molar-refractivity contribution is -0.173. The van der Waals surface area contributed by atoms with Gasteiger partial charge in [-0.15, -0.1) is 0 Å². The fourth-order valence-electron chi connectivity index (χ4n) is 8.24. The van der Waals surface area contributed by atoms with Crippen LogP contribution in [0.25, 0.3) is 0 Å². The molecule has 1 aliphatic carbocycles. The number of fused-ring (bicyclic) bond motifs is 8. The van der Waals surface area contributed by atoms with Crippen molar-refractivity contribution in [2.75, 3.05) is 26.4 Å². The first-order chi connectivity index (χ1) is 28.1. The minimum atomic E-state index is -1.54. The predicted molar refractivity (Wildman–Crippen MR) is 225 cm³/mol. The van der Waals surface area contributed by atoms with Crippen LogP contribution in [0, 0.1) is 10.8 Å². The van der Waals surface area contributed by atoms with Crippen LogP contribution in [0.3, 0.4) is 0 Å². The Bertz CT molecular complexity index is 1710. The number of hydrogen-bond acceptors (Lipinski definition) is 8. The van der Waals surface area contributed by atoms with Gasteiger partial charge in [0.2, 0.25) is 0 Å². The normalized spacial score (nSPS) is 15.9. The van der Waals surface area contributed by atoms with E-state index in [0.29, 0.717) is 0 Å². The molecule has 4 aromatic rings. The second-order valence-corrected chi connectivity index (χ2v) is 15.4. The van der Waals surface area contributed by atoms with E-state index in [1.807, 2.05) is 48.5 Å². The molecule has 8 nitrogen and oxygen atoms in total. The van der Waals surface area contributed by atoms with Crippen molar-refractivity contribution in [3.05, 3.63) is 142 Å². The van der Waals surface area contributed by atoms with Gasteiger partial charge in [0, 0.05) is 0 Å². The van der Waals surface area contributed by atoms with Gasteiger partial charge in [-0.2, -0.15) is 0 Å². The molecule has 0 heterocycles. The van der Waals surface area contributed by atoms with Gasteiger partial charge in [0.1, 0.15) is 0 Å². The van der Waals surface area contributed by atoms with E-state index >= 15 is 0 Å². The van der Waals surface area contributed by atoms with Crippen LogP contribution in [-0.4, -0.2) is 50.3 Å². The Kier molecular flexibility index (Phi) is 16.3. The Morgan fingerprint density at radius 1 is 0.379 bits per heavy atom. The van der Waals surface area contributed by atoms with E-state index in [-0.39, 0.29) is 52.1 Å². The van der Waals surface area contributed by atoms with E-state index in [0.717, 1.165) is 95.9 Å². The summed E-state index contributed by atoms with van der Waals surface area (Å²) in [4.78, 5) is 55.7. The molecule has 8 bridgehead atoms. The summed E-state index contributed by atoms with van der Waals surface area (Å²) in [5.74, 6) is -2.26. The molecule has 0 saturated heterocycles. The predicted octanol–water partition coefficient (Wildman–Crippen LogP) is 8.93. The van der Waals surface area contributed by atoms with E-state index in [9.17, 15) is 19.2 Å². The molecule has 1 aliphatic rings. The van der Waals surface area contributed by atoms with Crippen LogP contribution in [-0.2, 0) is 89.5 Å². The zero-order valence-electron chi connectivity index (χ0n) is 34.8. The molecule has 0 aromatic heterocycles. The van der Waals surface area contributed by atoms with Gasteiger partial charge in [0.05, 0.1) is 26.4 Å². The summed E-state index contributed by atoms with van der Waals surface area (Å²) in [5.41, 5.74) is 4.90. The SMILES string of the molecule is CCOC(=O)C1(C(=O)OCC)Cc2cccc(c2)CCCCc2cccc(c2)CC(C(=O)OCC)(C(=O)OCC)Cc2cccc(c2)CCCCc2cccc(c2)C1. The average molecular weight is 789 g/mol. The molecule has 0 fully saturated rings. The Balaban J connectivity index is 1.51. The maximum Gasteiger partial charge on any atom is 0.324 e. The molecule has 58 heavy (non-hydrogen) atoms. The second-order valence-electron chi connectivity index (χ2n) is 15.4. The first-order valence-electron chi connectivity index (χ1n) is 21.1. The Morgan fingerprint density at radius 2 is 0.586 bits per heavy atom. The Labute approximate surface area is 344 Å². The Morgan fingerprint density at radius 3 is 0.793 bits per heavy atom. The number of carbonyl (C=O) groups excluding carboxylic acids is 4. The molecule has 0 aliphatic heterocycles. The van der Waals surface area contributed by atoms with Gasteiger partial charge in [0.25, 0.3) is 0 Å². The third kappa shape index (κ3) is 11.5. The smallest absolute Gasteiger partial charge is 0.324 e. The third-order valence-corrected chi connectivity index (χ3v) is 11.0. The summed E-state index contributed by atoms with van der Waals surface area (Å²) in [5, 5.41) is 0. The minimum absolute atomic E-state index is 0.156. The molecular formula is C50H60O8. The van der Waals surface area contributed by atoms with Gasteiger partial charge in [-0.25, -0.2) is 0 Å². The van der Waals surface area contributed by atoms with Crippen molar-refractivity contribution in [1.29, 1.82) is 0 Å². The molecular weight excluding hydrogens is 729 g/mol. The van der Waals surface area contributed by atoms with Crippen LogP contribution >= 0.6 is 0 Å². The molecule has 0 N–H and O–H groups in total. The highest BCUT2D eigenvalue weighted by molar-refractivity contribution is 6.01. The van der Waals surface area contributed by atoms with Gasteiger partial charge in [-0.1, -0.05) is 97.1 Å². The topological polar surface area (TPSA) is 105 Å². The van der Waals surface area contributed by atoms with Crippen LogP contribution in [0.15, 0.2) is 97.1 Å². The summed E-state index contributed by atoms with van der Waals surface area (Å²) in [6.07, 6.45) is 7.54. The molecule has 0 unspecified atom stereocenters. The Hall–Kier alpha value is -5.24. The van der Waals surface area contributed by atoms with E-state index in [1.54, 1.807) is 27.7 Å². The first kappa shape index (κ1) is 43.9. The highest BCUT2D eigenvalue weighted by Crippen LogP contribution is 2.35. The number of aryl methyl sites for hydroxylation is 4. The number of carbonyl (C=O) groups is 4. The lowest BCUT2D eigenvalue weighted by atomic mass is 9.75. The molecule has 308 valence electrons. The molecule has 0 amide bonds. The quantitative estimate of drug-likeness (QED) is 0.0991. The molecule has 0 atom stereocenters. The highest BCUT2D eigenvalue weighted by atomic mass is 16.6. The number of hydrogen-bond donors (Lipinski definition) is 0. The molecule has 0 saturated carbocycles. The van der Waals surface area contributed by atoms with Crippen LogP contribution in [0.1, 0.15) is 97.9 Å². The minimum Gasteiger partial charge on any atom is -0.465 e. The zero-order valence-corrected chi connectivity index (χ0v) is 34.8. The van der Waals surface area contributed by atoms with E-state index in [2.05, 4.69) is 48.5 Å². The highest BCUT2D eigenvalue weighted by Gasteiger charge is 2.50. The van der Waals surface area contributed by atoms with E-state index in [1.165, 1.54) is 0 Å². The standard InChI is InChI=1S/C50H60O8/c1-5-55-45(51)49(46(52)56-6-2)33-41-25-13-21-37(29-41)17-9-11-19-39-23-15-27-43(31-39)35-50(47(53)57-7-3,48(54)58-8-4)36-44-28-16-24-40(32-44)20-12-10-18-38-22-14-26-42(30-38)34-49/h13-16,21-32H,5-12,17-20,33-36H2,1-4H3. The van der Waals surface area contributed by atoms with Crippen molar-refractivity contribution in [2.24, 2.45) is 10.8 Å². The molecule has 4 aromatic carbocycles. The maximum atomic E-state index is 13.9. The molecule has 8 heteroatoms. The van der Waals surface area contributed by atoms with E-state index in [4.69, 9.17) is 18.9 Å². The van der Waals surface area contributed by atoms with Crippen LogP contribution in [0.2, 0.25) is 0 Å². The lowest BCUT2D eigenvalue weighted by Gasteiger charge is -2.30. The van der Waals surface area contributed by atoms with Crippen molar-refractivity contribution in [1.82, 2.24) is 0 Å². The number of ether oxygens (including phenoxy) is 4. The largest absolute Gasteiger partial charge is 0.465 e. The van der Waals surface area contributed by atoms with Gasteiger partial charge in [-0.3, -0.25) is 19.2 Å². The van der Waals surface area contributed by atoms with Crippen LogP contribution in [0.4, 0.5) is 0 Å². The second kappa shape index (κ2) is 21.5. The fourth-order valence-corrected chi connectivity index (χ4v) is 8.24. The van der Waals surface area contributed by atoms with Gasteiger partial charge in [-0.05, 0) is 149 Å². The molecule has 5 rings (SSSR count). The summed E-state index contributed by atoms with van der Waals surface area (Å²) < 4.78 is 22.5. The number of benzene rings is 4. The van der Waals surface area contributed by atoms with Crippen molar-refractivity contribution in [3.8, 4) is 0 Å². The van der Waals surface area contributed by atoms with Gasteiger partial charge < -0.3 is 18.9 Å². The third-order valence-electron chi connectivity index (χ3n) is 11.0. The summed E-state index contributed by atoms with van der Waals surface area (Å²) >= 11 is 0. The zero-order chi connectivity index (χ0) is 41.4. The van der Waals surface area contributed by atoms with Crippen molar-refractivity contribution in [2.45, 2.75) is 105 Å². The molecule has 0 radical (unpaired) electrons. The summed E-state index contributed by atoms with van der Waals surface area (Å²) in [7, 11) is 0. The number of esters is 4. The van der Waals surface area contributed by atoms with Crippen molar-refractivity contribution in [3.63, 3.8) is 0 Å². The fraction of sp³-hybridized carbons (Fsp3) is 0.440. The molecule has 0 spiro atoms. The lowest BCUT2D eigenvalue weighted by Crippen LogP contribution is -2.46. The number of rotatable bonds is 8. The van der Waals surface area contributed by atoms with Crippen LogP contribution in [0.5, 0.6) is 0 Å². The van der Waals surface area contributed by atoms with Gasteiger partial charge in [0.15, 0.2) is 10.8 Å². The summed E-state index contributed by atoms with van der Waals surface area (Å²) in [6, 6.07) is 32.5. The first-order valence-corrected chi connectivity index (χ1v) is 21.1.